The van der Waals surface area contributed by atoms with Gasteiger partial charge in [0.1, 0.15) is 15.7 Å². The lowest BCUT2D eigenvalue weighted by Crippen LogP contribution is -1.86. The van der Waals surface area contributed by atoms with E-state index in [1.165, 1.54) is 22.1 Å². The second-order valence-electron chi connectivity index (χ2n) is 3.52. The Kier molecular flexibility index (Phi) is 2.43. The predicted octanol–water partition coefficient (Wildman–Crippen LogP) is 0.760. The van der Waals surface area contributed by atoms with Gasteiger partial charge in [0.2, 0.25) is 0 Å². The summed E-state index contributed by atoms with van der Waals surface area (Å²) in [6, 6.07) is 0. The second kappa shape index (κ2) is 3.17. The van der Waals surface area contributed by atoms with Crippen molar-refractivity contribution >= 4 is 15.7 Å². The molecule has 0 radical (unpaired) electrons. The maximum absolute atomic E-state index is 2.26. The Hall–Kier alpha value is -0.650. The van der Waals surface area contributed by atoms with Gasteiger partial charge in [0.05, 0.1) is 0 Å². The van der Waals surface area contributed by atoms with Gasteiger partial charge in [-0.2, -0.15) is 0 Å². The fourth-order valence-electron chi connectivity index (χ4n) is 1.50. The SMILES string of the molecule is BC1=CC(C)=CC(B)=C(C)C1. The van der Waals surface area contributed by atoms with Gasteiger partial charge in [0, 0.05) is 0 Å². The molecule has 0 nitrogen and oxygen atoms in total. The molecule has 0 heterocycles. The molecule has 1 aliphatic rings. The van der Waals surface area contributed by atoms with Crippen molar-refractivity contribution in [2.24, 2.45) is 0 Å². The number of hydrogen-bond acceptors (Lipinski definition) is 0. The first-order valence-electron chi connectivity index (χ1n) is 4.11. The molecule has 0 aromatic rings. The van der Waals surface area contributed by atoms with Crippen LogP contribution in [-0.2, 0) is 0 Å². The number of rotatable bonds is 0. The molecule has 0 bridgehead atoms. The van der Waals surface area contributed by atoms with E-state index >= 15 is 0 Å². The third kappa shape index (κ3) is 2.14. The van der Waals surface area contributed by atoms with Crippen molar-refractivity contribution in [1.29, 1.82) is 0 Å². The van der Waals surface area contributed by atoms with E-state index in [9.17, 15) is 0 Å². The highest BCUT2D eigenvalue weighted by molar-refractivity contribution is 6.25. The van der Waals surface area contributed by atoms with Gasteiger partial charge in [0.15, 0.2) is 0 Å². The number of hydrogen-bond donors (Lipinski definition) is 0. The molecular weight excluding hydrogens is 130 g/mol. The van der Waals surface area contributed by atoms with Crippen LogP contribution in [0.1, 0.15) is 20.3 Å². The Morgan fingerprint density at radius 3 is 2.45 bits per heavy atom. The van der Waals surface area contributed by atoms with E-state index in [1.807, 2.05) is 0 Å². The minimum atomic E-state index is 1.14. The molecule has 11 heavy (non-hydrogen) atoms. The van der Waals surface area contributed by atoms with Gasteiger partial charge >= 0.3 is 0 Å². The van der Waals surface area contributed by atoms with Crippen LogP contribution in [0.25, 0.3) is 0 Å². The third-order valence-corrected chi connectivity index (χ3v) is 2.14. The van der Waals surface area contributed by atoms with Gasteiger partial charge in [-0.15, -0.1) is 5.47 Å². The summed E-state index contributed by atoms with van der Waals surface area (Å²) in [4.78, 5) is 0. The summed E-state index contributed by atoms with van der Waals surface area (Å²) >= 11 is 0. The van der Waals surface area contributed by atoms with Gasteiger partial charge in [-0.25, -0.2) is 0 Å². The lowest BCUT2D eigenvalue weighted by Gasteiger charge is -2.00. The van der Waals surface area contributed by atoms with E-state index in [-0.39, 0.29) is 0 Å². The lowest BCUT2D eigenvalue weighted by molar-refractivity contribution is 1.19. The summed E-state index contributed by atoms with van der Waals surface area (Å²) in [5.41, 5.74) is 5.76. The van der Waals surface area contributed by atoms with E-state index in [0.29, 0.717) is 0 Å². The zero-order valence-electron chi connectivity index (χ0n) is 7.86. The van der Waals surface area contributed by atoms with E-state index in [0.717, 1.165) is 6.42 Å². The van der Waals surface area contributed by atoms with Gasteiger partial charge < -0.3 is 0 Å². The molecule has 0 aromatic heterocycles. The standard InChI is InChI=1S/C9H14B2/c1-6-3-8(10)5-7(2)9(11)4-6/h3-4H,5,10-11H2,1-2H3. The molecule has 0 spiro atoms. The molecule has 0 unspecified atom stereocenters. The predicted molar refractivity (Wildman–Crippen MR) is 56.2 cm³/mol. The van der Waals surface area contributed by atoms with Crippen LogP contribution in [0.4, 0.5) is 0 Å². The monoisotopic (exact) mass is 144 g/mol. The summed E-state index contributed by atoms with van der Waals surface area (Å²) in [6.07, 6.45) is 5.66. The summed E-state index contributed by atoms with van der Waals surface area (Å²) < 4.78 is 0. The van der Waals surface area contributed by atoms with Crippen molar-refractivity contribution in [3.05, 3.63) is 34.2 Å². The highest BCUT2D eigenvalue weighted by atomic mass is 14.0. The normalized spacial score (nSPS) is 19.1. The molecular formula is C9H14B2. The maximum Gasteiger partial charge on any atom is 0.139 e. The molecule has 0 saturated carbocycles. The summed E-state index contributed by atoms with van der Waals surface area (Å²) in [7, 11) is 4.38. The average molecular weight is 144 g/mol. The zero-order chi connectivity index (χ0) is 8.43. The molecule has 1 aliphatic carbocycles. The highest BCUT2D eigenvalue weighted by Gasteiger charge is 2.00. The summed E-state index contributed by atoms with van der Waals surface area (Å²) in [5, 5.41) is 0. The van der Waals surface area contributed by atoms with Crippen LogP contribution in [0.3, 0.4) is 0 Å². The molecule has 0 aliphatic heterocycles. The molecule has 0 N–H and O–H groups in total. The first-order valence-corrected chi connectivity index (χ1v) is 4.11. The molecule has 1 rings (SSSR count). The second-order valence-corrected chi connectivity index (χ2v) is 3.52. The van der Waals surface area contributed by atoms with Crippen molar-refractivity contribution in [1.82, 2.24) is 0 Å². The van der Waals surface area contributed by atoms with E-state index in [4.69, 9.17) is 0 Å². The molecule has 0 amide bonds. The highest BCUT2D eigenvalue weighted by Crippen LogP contribution is 2.18. The van der Waals surface area contributed by atoms with E-state index < -0.39 is 0 Å². The molecule has 0 atom stereocenters. The van der Waals surface area contributed by atoms with Crippen molar-refractivity contribution in [2.75, 3.05) is 0 Å². The van der Waals surface area contributed by atoms with Crippen molar-refractivity contribution < 1.29 is 0 Å². The Bertz CT molecular complexity index is 257. The molecule has 0 aromatic carbocycles. The Morgan fingerprint density at radius 1 is 1.18 bits per heavy atom. The van der Waals surface area contributed by atoms with E-state index in [2.05, 4.69) is 41.7 Å². The first-order chi connectivity index (χ1) is 5.09. The van der Waals surface area contributed by atoms with E-state index in [1.54, 1.807) is 0 Å². The quantitative estimate of drug-likeness (QED) is 0.440. The van der Waals surface area contributed by atoms with Crippen LogP contribution in [0.15, 0.2) is 34.2 Å². The Labute approximate surface area is 70.9 Å². The summed E-state index contributed by atoms with van der Waals surface area (Å²) in [6.45, 7) is 4.37. The fraction of sp³-hybridized carbons (Fsp3) is 0.333. The smallest absolute Gasteiger partial charge is 0.106 e. The van der Waals surface area contributed by atoms with Crippen molar-refractivity contribution in [3.63, 3.8) is 0 Å². The average Bonchev–Trinajstić information content (AvgIpc) is 1.93. The van der Waals surface area contributed by atoms with Crippen LogP contribution in [-0.4, -0.2) is 15.7 Å². The molecule has 2 heteroatoms. The number of allylic oxidation sites excluding steroid dienone is 6. The van der Waals surface area contributed by atoms with Crippen LogP contribution in [0, 0.1) is 0 Å². The summed E-state index contributed by atoms with van der Waals surface area (Å²) in [5.74, 6) is 0. The fourth-order valence-corrected chi connectivity index (χ4v) is 1.50. The maximum atomic E-state index is 2.26. The minimum absolute atomic E-state index is 1.14. The Balaban J connectivity index is 3.04. The third-order valence-electron chi connectivity index (χ3n) is 2.14. The van der Waals surface area contributed by atoms with Gasteiger partial charge in [-0.3, -0.25) is 0 Å². The van der Waals surface area contributed by atoms with Crippen LogP contribution in [0.2, 0.25) is 0 Å². The van der Waals surface area contributed by atoms with Gasteiger partial charge in [-0.1, -0.05) is 28.8 Å². The lowest BCUT2D eigenvalue weighted by atomic mass is 9.85. The van der Waals surface area contributed by atoms with Crippen molar-refractivity contribution in [3.8, 4) is 0 Å². The van der Waals surface area contributed by atoms with Crippen LogP contribution >= 0.6 is 0 Å². The van der Waals surface area contributed by atoms with Gasteiger partial charge in [0.25, 0.3) is 0 Å². The van der Waals surface area contributed by atoms with Gasteiger partial charge in [-0.05, 0) is 20.3 Å². The van der Waals surface area contributed by atoms with Crippen molar-refractivity contribution in [2.45, 2.75) is 20.3 Å². The van der Waals surface area contributed by atoms with Crippen LogP contribution in [0.5, 0.6) is 0 Å². The van der Waals surface area contributed by atoms with Crippen LogP contribution < -0.4 is 0 Å². The topological polar surface area (TPSA) is 0 Å². The molecule has 0 saturated heterocycles. The Morgan fingerprint density at radius 2 is 1.82 bits per heavy atom. The first kappa shape index (κ1) is 8.45. The molecule has 56 valence electrons. The largest absolute Gasteiger partial charge is 0.139 e. The minimum Gasteiger partial charge on any atom is -0.106 e. The molecule has 0 fully saturated rings. The zero-order valence-corrected chi connectivity index (χ0v) is 7.86.